The second kappa shape index (κ2) is 15.6. The summed E-state index contributed by atoms with van der Waals surface area (Å²) in [6.45, 7) is 6.52. The summed E-state index contributed by atoms with van der Waals surface area (Å²) < 4.78 is 35.6. The Balaban J connectivity index is 1.10. The van der Waals surface area contributed by atoms with Crippen molar-refractivity contribution in [3.63, 3.8) is 0 Å². The minimum Gasteiger partial charge on any atom is -0.432 e. The van der Waals surface area contributed by atoms with Crippen molar-refractivity contribution in [2.45, 2.75) is 169 Å². The number of carbonyl (C=O) groups is 1. The van der Waals surface area contributed by atoms with Crippen LogP contribution in [0.4, 0.5) is 0 Å². The molecular weight excluding hydrogens is 744 g/mol. The Morgan fingerprint density at radius 1 is 0.679 bits per heavy atom. The molecule has 3 aliphatic heterocycles. The molecule has 11 N–H and O–H groups in total. The molecule has 3 heterocycles. The van der Waals surface area contributed by atoms with Crippen molar-refractivity contribution in [2.24, 2.45) is 28.1 Å². The van der Waals surface area contributed by atoms with Gasteiger partial charge in [-0.05, 0) is 86.5 Å². The molecule has 7 aliphatic rings. The molecule has 4 unspecified atom stereocenters. The molecule has 0 aromatic heterocycles. The fraction of sp³-hybridized carbons (Fsp3) is 0.921. The Morgan fingerprint density at radius 2 is 1.21 bits per heavy atom. The molecule has 56 heavy (non-hydrogen) atoms. The van der Waals surface area contributed by atoms with Gasteiger partial charge in [0.25, 0.3) is 0 Å². The average molecular weight is 805 g/mol. The average Bonchev–Trinajstić information content (AvgIpc) is 3.37. The highest BCUT2D eigenvalue weighted by Crippen LogP contribution is 2.73. The smallest absolute Gasteiger partial charge is 0.314 e. The molecule has 0 amide bonds. The molecule has 320 valence electrons. The van der Waals surface area contributed by atoms with Gasteiger partial charge in [0.05, 0.1) is 30.8 Å². The summed E-state index contributed by atoms with van der Waals surface area (Å²) >= 11 is 0. The van der Waals surface area contributed by atoms with Gasteiger partial charge in [-0.25, -0.2) is 0 Å². The van der Waals surface area contributed by atoms with Crippen molar-refractivity contribution >= 4 is 5.97 Å². The van der Waals surface area contributed by atoms with Crippen LogP contribution < -0.4 is 0 Å². The van der Waals surface area contributed by atoms with Crippen molar-refractivity contribution in [1.29, 1.82) is 0 Å². The normalized spacial score (nSPS) is 54.6. The Kier molecular flexibility index (Phi) is 11.9. The van der Waals surface area contributed by atoms with E-state index in [0.29, 0.717) is 44.9 Å². The molecule has 0 radical (unpaired) electrons. The van der Waals surface area contributed by atoms with Crippen molar-refractivity contribution in [2.75, 3.05) is 19.8 Å². The molecule has 0 aromatic rings. The lowest BCUT2D eigenvalue weighted by Crippen LogP contribution is -2.65. The molecule has 1 spiro atoms. The minimum absolute atomic E-state index is 0.121. The highest BCUT2D eigenvalue weighted by atomic mass is 16.8. The lowest BCUT2D eigenvalue weighted by atomic mass is 9.41. The summed E-state index contributed by atoms with van der Waals surface area (Å²) in [5.74, 6) is -0.591. The van der Waals surface area contributed by atoms with Gasteiger partial charge in [-0.2, -0.15) is 0 Å². The maximum atomic E-state index is 14.1. The van der Waals surface area contributed by atoms with Crippen molar-refractivity contribution in [3.05, 3.63) is 12.2 Å². The zero-order valence-electron chi connectivity index (χ0n) is 31.8. The van der Waals surface area contributed by atoms with Gasteiger partial charge in [0.2, 0.25) is 6.29 Å². The van der Waals surface area contributed by atoms with E-state index in [4.69, 9.17) is 28.4 Å². The van der Waals surface area contributed by atoms with E-state index in [1.165, 1.54) is 0 Å². The first-order valence-electron chi connectivity index (χ1n) is 19.9. The zero-order chi connectivity index (χ0) is 40.7. The molecule has 18 nitrogen and oxygen atoms in total. The van der Waals surface area contributed by atoms with E-state index in [9.17, 15) is 61.0 Å². The summed E-state index contributed by atoms with van der Waals surface area (Å²) in [6.07, 6.45) is -17.8. The highest BCUT2D eigenvalue weighted by molar-refractivity contribution is 5.77. The number of fused-ring (bicyclic) bond motifs is 3. The van der Waals surface area contributed by atoms with E-state index in [1.807, 2.05) is 6.92 Å². The van der Waals surface area contributed by atoms with Gasteiger partial charge in [0.15, 0.2) is 12.6 Å². The largest absolute Gasteiger partial charge is 0.432 e. The van der Waals surface area contributed by atoms with Crippen LogP contribution in [0.1, 0.15) is 71.6 Å². The van der Waals surface area contributed by atoms with Crippen LogP contribution >= 0.6 is 0 Å². The summed E-state index contributed by atoms with van der Waals surface area (Å²) in [4.78, 5) is 14.1. The number of carbonyl (C=O) groups excluding carboxylic acids is 1. The number of aliphatic hydroxyl groups is 11. The molecule has 21 atom stereocenters. The first kappa shape index (κ1) is 42.7. The van der Waals surface area contributed by atoms with E-state index in [0.717, 1.165) is 18.4 Å². The number of hydrogen-bond acceptors (Lipinski definition) is 18. The van der Waals surface area contributed by atoms with Crippen LogP contribution in [0, 0.1) is 28.1 Å². The monoisotopic (exact) mass is 804 g/mol. The highest BCUT2D eigenvalue weighted by Gasteiger charge is 2.69. The fourth-order valence-electron chi connectivity index (χ4n) is 12.0. The SMILES string of the molecule is C=C1CC23CCC4C(C)(C(=O)O[C@@H]5O[C@H](CO)[C@@H](O)[C@H](O)[C@H]5O)CCC[C@]4(C)C2CC[C@]1(O[C@@H]1O[C@H](CO)[C@@H](O)[C@H](O)[C@H]1O[C@@H]1O[C@H](CO)[C@@H](O)[C@H](O)[C@H]1O)C3. The quantitative estimate of drug-likeness (QED) is 0.0631. The first-order chi connectivity index (χ1) is 26.4. The van der Waals surface area contributed by atoms with E-state index >= 15 is 0 Å². The molecular formula is C38H60O18. The van der Waals surface area contributed by atoms with Gasteiger partial charge in [-0.3, -0.25) is 4.79 Å². The van der Waals surface area contributed by atoms with Crippen LogP contribution in [0.15, 0.2) is 12.2 Å². The third-order valence-electron chi connectivity index (χ3n) is 15.0. The zero-order valence-corrected chi connectivity index (χ0v) is 31.8. The fourth-order valence-corrected chi connectivity index (χ4v) is 12.0. The van der Waals surface area contributed by atoms with Gasteiger partial charge in [-0.15, -0.1) is 0 Å². The molecule has 3 saturated heterocycles. The number of ether oxygens (including phenoxy) is 6. The lowest BCUT2D eigenvalue weighted by molar-refractivity contribution is -0.378. The van der Waals surface area contributed by atoms with Crippen LogP contribution in [-0.4, -0.2) is 180 Å². The second-order valence-electron chi connectivity index (χ2n) is 18.0. The maximum Gasteiger partial charge on any atom is 0.314 e. The van der Waals surface area contributed by atoms with Gasteiger partial charge in [0, 0.05) is 0 Å². The third-order valence-corrected chi connectivity index (χ3v) is 15.0. The van der Waals surface area contributed by atoms with Crippen molar-refractivity contribution < 1.29 is 89.4 Å². The van der Waals surface area contributed by atoms with Crippen molar-refractivity contribution in [1.82, 2.24) is 0 Å². The maximum absolute atomic E-state index is 14.1. The number of esters is 1. The molecule has 0 aromatic carbocycles. The van der Waals surface area contributed by atoms with Gasteiger partial charge in [0.1, 0.15) is 73.2 Å². The lowest BCUT2D eigenvalue weighted by Gasteiger charge is -2.64. The van der Waals surface area contributed by atoms with E-state index in [-0.39, 0.29) is 22.7 Å². The van der Waals surface area contributed by atoms with E-state index in [2.05, 4.69) is 13.5 Å². The van der Waals surface area contributed by atoms with Gasteiger partial charge in [-0.1, -0.05) is 19.9 Å². The second-order valence-corrected chi connectivity index (χ2v) is 18.0. The number of aliphatic hydroxyl groups excluding tert-OH is 11. The Hall–Kier alpha value is -1.43. The van der Waals surface area contributed by atoms with Crippen LogP contribution in [0.2, 0.25) is 0 Å². The first-order valence-corrected chi connectivity index (χ1v) is 19.9. The number of hydrogen-bond donors (Lipinski definition) is 11. The predicted molar refractivity (Wildman–Crippen MR) is 186 cm³/mol. The van der Waals surface area contributed by atoms with Crippen LogP contribution in [0.3, 0.4) is 0 Å². The minimum atomic E-state index is -1.81. The van der Waals surface area contributed by atoms with Gasteiger partial charge >= 0.3 is 5.97 Å². The molecule has 7 fully saturated rings. The summed E-state index contributed by atoms with van der Waals surface area (Å²) in [7, 11) is 0. The van der Waals surface area contributed by atoms with E-state index in [1.54, 1.807) is 0 Å². The molecule has 18 heteroatoms. The van der Waals surface area contributed by atoms with Crippen LogP contribution in [0.5, 0.6) is 0 Å². The number of rotatable bonds is 9. The van der Waals surface area contributed by atoms with E-state index < -0.39 is 129 Å². The summed E-state index contributed by atoms with van der Waals surface area (Å²) in [5.41, 5.74) is -1.80. The summed E-state index contributed by atoms with van der Waals surface area (Å²) in [6, 6.07) is 0. The van der Waals surface area contributed by atoms with Crippen molar-refractivity contribution in [3.8, 4) is 0 Å². The predicted octanol–water partition coefficient (Wildman–Crippen LogP) is -2.94. The van der Waals surface area contributed by atoms with Crippen LogP contribution in [-0.2, 0) is 33.2 Å². The molecule has 4 aliphatic carbocycles. The summed E-state index contributed by atoms with van der Waals surface area (Å²) in [5, 5.41) is 114. The molecule has 2 bridgehead atoms. The molecule has 7 rings (SSSR count). The van der Waals surface area contributed by atoms with Crippen LogP contribution in [0.25, 0.3) is 0 Å². The Bertz CT molecular complexity index is 1450. The molecule has 4 saturated carbocycles. The third kappa shape index (κ3) is 6.69. The topological polar surface area (TPSA) is 295 Å². The van der Waals surface area contributed by atoms with Gasteiger partial charge < -0.3 is 84.6 Å². The standard InChI is InChI=1S/C38H60O18/c1-16-11-37-9-5-20-35(2,7-4-8-36(20,3)34(50)55-32-29(49)26(46)23(43)18(13-40)52-32)21(37)6-10-38(16,15-37)56-33-30(27(47)24(44)19(14-41)53-33)54-31-28(48)25(45)22(42)17(12-39)51-31/h17-33,39-49H,1,4-15H2,2-3H3/t17-,18-,19-,20?,21?,22-,23-,24-,25+,26+,27+,28-,29-,30-,31+,32+,33+,35+,36?,37?,38+/m1/s1. The Morgan fingerprint density at radius 3 is 1.82 bits per heavy atom. The Labute approximate surface area is 324 Å².